The van der Waals surface area contributed by atoms with Crippen molar-refractivity contribution in [2.75, 3.05) is 40.0 Å². The lowest BCUT2D eigenvalue weighted by Gasteiger charge is -2.26. The molecule has 2 fully saturated rings. The summed E-state index contributed by atoms with van der Waals surface area (Å²) in [5.74, 6) is -0.344. The van der Waals surface area contributed by atoms with E-state index < -0.39 is 11.8 Å². The molecule has 0 spiro atoms. The van der Waals surface area contributed by atoms with Gasteiger partial charge in [0, 0.05) is 13.1 Å². The van der Waals surface area contributed by atoms with Gasteiger partial charge in [-0.15, -0.1) is 0 Å². The predicted octanol–water partition coefficient (Wildman–Crippen LogP) is 3.44. The molecule has 0 aliphatic carbocycles. The van der Waals surface area contributed by atoms with Gasteiger partial charge in [0.1, 0.15) is 0 Å². The smallest absolute Gasteiger partial charge is 0.285 e. The molecule has 12 heteroatoms. The van der Waals surface area contributed by atoms with E-state index in [0.29, 0.717) is 48.3 Å². The van der Waals surface area contributed by atoms with E-state index in [4.69, 9.17) is 38.0 Å². The average molecular weight is 562 g/mol. The van der Waals surface area contributed by atoms with Gasteiger partial charge in [0.25, 0.3) is 17.7 Å². The maximum absolute atomic E-state index is 13.0. The van der Waals surface area contributed by atoms with Gasteiger partial charge in [-0.2, -0.15) is 5.01 Å². The number of hydrogen-bond acceptors (Lipinski definition) is 8. The summed E-state index contributed by atoms with van der Waals surface area (Å²) in [4.78, 5) is 40.0. The van der Waals surface area contributed by atoms with Crippen molar-refractivity contribution in [1.29, 1.82) is 0 Å². The van der Waals surface area contributed by atoms with Crippen LogP contribution < -0.4 is 14.9 Å². The van der Waals surface area contributed by atoms with Crippen LogP contribution in [0.4, 0.5) is 0 Å². The molecule has 0 unspecified atom stereocenters. The van der Waals surface area contributed by atoms with Crippen molar-refractivity contribution >= 4 is 63.7 Å². The summed E-state index contributed by atoms with van der Waals surface area (Å²) in [6.07, 6.45) is 1.63. The first-order chi connectivity index (χ1) is 17.8. The highest BCUT2D eigenvalue weighted by molar-refractivity contribution is 8.26. The van der Waals surface area contributed by atoms with Crippen molar-refractivity contribution in [3.63, 3.8) is 0 Å². The topological polar surface area (TPSA) is 97.4 Å². The second kappa shape index (κ2) is 12.0. The minimum atomic E-state index is -0.544. The Morgan fingerprint density at radius 2 is 1.95 bits per heavy atom. The Hall–Kier alpha value is -3.12. The molecule has 0 bridgehead atoms. The summed E-state index contributed by atoms with van der Waals surface area (Å²) in [5.41, 5.74) is 4.32. The van der Waals surface area contributed by atoms with Crippen LogP contribution in [0.3, 0.4) is 0 Å². The number of amides is 3. The Morgan fingerprint density at radius 3 is 2.65 bits per heavy atom. The molecule has 0 atom stereocenters. The molecule has 2 aliphatic rings. The second-order valence-electron chi connectivity index (χ2n) is 8.13. The van der Waals surface area contributed by atoms with Crippen molar-refractivity contribution in [1.82, 2.24) is 15.3 Å². The zero-order chi connectivity index (χ0) is 26.5. The standard InChI is InChI=1S/C25H24ClN3O6S2/c1-15-3-5-17(18(26)11-15)23(31)27-29-24(32)21(37-25(29)36)13-16-4-6-19(20(12-16)33-2)35-14-22(30)28-7-9-34-10-8-28/h3-6,11-13H,7-10,14H2,1-2H3,(H,27,31)/b21-13-. The van der Waals surface area contributed by atoms with Crippen LogP contribution in [0.2, 0.25) is 5.02 Å². The van der Waals surface area contributed by atoms with Crippen LogP contribution in [-0.2, 0) is 14.3 Å². The van der Waals surface area contributed by atoms with Gasteiger partial charge in [0.15, 0.2) is 22.4 Å². The van der Waals surface area contributed by atoms with Gasteiger partial charge < -0.3 is 19.1 Å². The minimum Gasteiger partial charge on any atom is -0.493 e. The number of aryl methyl sites for hydroxylation is 1. The van der Waals surface area contributed by atoms with Crippen LogP contribution in [0.1, 0.15) is 21.5 Å². The van der Waals surface area contributed by atoms with Gasteiger partial charge in [-0.25, -0.2) is 0 Å². The van der Waals surface area contributed by atoms with Gasteiger partial charge >= 0.3 is 0 Å². The van der Waals surface area contributed by atoms with E-state index in [1.807, 2.05) is 6.92 Å². The second-order valence-corrected chi connectivity index (χ2v) is 10.2. The highest BCUT2D eigenvalue weighted by Crippen LogP contribution is 2.34. The molecule has 4 rings (SSSR count). The van der Waals surface area contributed by atoms with Crippen molar-refractivity contribution in [2.24, 2.45) is 0 Å². The predicted molar refractivity (Wildman–Crippen MR) is 145 cm³/mol. The number of nitrogens with zero attached hydrogens (tertiary/aromatic N) is 2. The number of morpholine rings is 1. The van der Waals surface area contributed by atoms with E-state index in [-0.39, 0.29) is 27.4 Å². The molecule has 9 nitrogen and oxygen atoms in total. The summed E-state index contributed by atoms with van der Waals surface area (Å²) in [7, 11) is 1.49. The Balaban J connectivity index is 1.43. The number of hydrogen-bond donors (Lipinski definition) is 1. The summed E-state index contributed by atoms with van der Waals surface area (Å²) in [6, 6.07) is 10.1. The molecule has 2 aromatic rings. The van der Waals surface area contributed by atoms with Crippen LogP contribution in [0.25, 0.3) is 6.08 Å². The van der Waals surface area contributed by atoms with E-state index in [0.717, 1.165) is 22.3 Å². The molecular weight excluding hydrogens is 538 g/mol. The zero-order valence-electron chi connectivity index (χ0n) is 20.1. The summed E-state index contributed by atoms with van der Waals surface area (Å²) < 4.78 is 16.6. The number of rotatable bonds is 7. The lowest BCUT2D eigenvalue weighted by Crippen LogP contribution is -2.44. The Bertz CT molecular complexity index is 1280. The molecule has 3 amide bonds. The Morgan fingerprint density at radius 1 is 1.19 bits per heavy atom. The first kappa shape index (κ1) is 26.9. The molecule has 2 aliphatic heterocycles. The van der Waals surface area contributed by atoms with Gasteiger partial charge in [0.05, 0.1) is 35.8 Å². The summed E-state index contributed by atoms with van der Waals surface area (Å²) >= 11 is 12.5. The van der Waals surface area contributed by atoms with Crippen LogP contribution in [0.15, 0.2) is 41.3 Å². The SMILES string of the molecule is COc1cc(/C=C2\SC(=S)N(NC(=O)c3ccc(C)cc3Cl)C2=O)ccc1OCC(=O)N1CCOCC1. The number of benzene rings is 2. The number of halogens is 1. The maximum Gasteiger partial charge on any atom is 0.285 e. The highest BCUT2D eigenvalue weighted by Gasteiger charge is 2.34. The minimum absolute atomic E-state index is 0.126. The number of thiocarbonyl (C=S) groups is 1. The Kier molecular flexibility index (Phi) is 8.70. The monoisotopic (exact) mass is 561 g/mol. The molecule has 0 radical (unpaired) electrons. The maximum atomic E-state index is 13.0. The third-order valence-electron chi connectivity index (χ3n) is 5.58. The van der Waals surface area contributed by atoms with Crippen molar-refractivity contribution in [3.05, 3.63) is 63.0 Å². The van der Waals surface area contributed by atoms with E-state index in [9.17, 15) is 14.4 Å². The Labute approximate surface area is 228 Å². The lowest BCUT2D eigenvalue weighted by molar-refractivity contribution is -0.137. The van der Waals surface area contributed by atoms with Crippen LogP contribution in [-0.4, -0.2) is 72.0 Å². The first-order valence-electron chi connectivity index (χ1n) is 11.3. The largest absolute Gasteiger partial charge is 0.493 e. The van der Waals surface area contributed by atoms with Gasteiger partial charge in [-0.1, -0.05) is 35.5 Å². The lowest BCUT2D eigenvalue weighted by atomic mass is 10.1. The number of thioether (sulfide) groups is 1. The van der Waals surface area contributed by atoms with Crippen molar-refractivity contribution < 1.29 is 28.6 Å². The molecule has 0 aromatic heterocycles. The van der Waals surface area contributed by atoms with E-state index in [1.54, 1.807) is 47.4 Å². The van der Waals surface area contributed by atoms with Crippen LogP contribution >= 0.6 is 35.6 Å². The quantitative estimate of drug-likeness (QED) is 0.406. The van der Waals surface area contributed by atoms with E-state index >= 15 is 0 Å². The molecule has 2 saturated heterocycles. The van der Waals surface area contributed by atoms with Crippen LogP contribution in [0, 0.1) is 6.92 Å². The summed E-state index contributed by atoms with van der Waals surface area (Å²) in [5, 5.41) is 1.30. The molecule has 37 heavy (non-hydrogen) atoms. The first-order valence-corrected chi connectivity index (χ1v) is 12.9. The fourth-order valence-corrected chi connectivity index (χ4v) is 5.12. The number of ether oxygens (including phenoxy) is 3. The number of carbonyl (C=O) groups is 3. The van der Waals surface area contributed by atoms with Gasteiger partial charge in [0.2, 0.25) is 0 Å². The highest BCUT2D eigenvalue weighted by atomic mass is 35.5. The number of nitrogens with one attached hydrogen (secondary N) is 1. The van der Waals surface area contributed by atoms with E-state index in [1.165, 1.54) is 7.11 Å². The van der Waals surface area contributed by atoms with Crippen molar-refractivity contribution in [3.8, 4) is 11.5 Å². The van der Waals surface area contributed by atoms with Gasteiger partial charge in [-0.3, -0.25) is 19.8 Å². The molecule has 0 saturated carbocycles. The zero-order valence-corrected chi connectivity index (χ0v) is 22.5. The normalized spacial score (nSPS) is 16.8. The fraction of sp³-hybridized carbons (Fsp3) is 0.280. The molecular formula is C25H24ClN3O6S2. The molecule has 194 valence electrons. The van der Waals surface area contributed by atoms with E-state index in [2.05, 4.69) is 5.43 Å². The molecule has 1 N–H and O–H groups in total. The van der Waals surface area contributed by atoms with Crippen LogP contribution in [0.5, 0.6) is 11.5 Å². The fourth-order valence-electron chi connectivity index (χ4n) is 3.62. The summed E-state index contributed by atoms with van der Waals surface area (Å²) in [6.45, 7) is 3.83. The van der Waals surface area contributed by atoms with Crippen molar-refractivity contribution in [2.45, 2.75) is 6.92 Å². The molecule has 2 aromatic carbocycles. The third kappa shape index (κ3) is 6.42. The number of hydrazine groups is 1. The van der Waals surface area contributed by atoms with Gasteiger partial charge in [-0.05, 0) is 60.6 Å². The molecule has 2 heterocycles. The average Bonchev–Trinajstić information content (AvgIpc) is 3.15. The number of methoxy groups -OCH3 is 1. The number of carbonyl (C=O) groups excluding carboxylic acids is 3. The third-order valence-corrected chi connectivity index (χ3v) is 7.19.